The van der Waals surface area contributed by atoms with Gasteiger partial charge in [-0.3, -0.25) is 0 Å². The van der Waals surface area contributed by atoms with E-state index in [-0.39, 0.29) is 24.1 Å². The van der Waals surface area contributed by atoms with E-state index in [4.69, 9.17) is 4.42 Å². The summed E-state index contributed by atoms with van der Waals surface area (Å²) in [5, 5.41) is 15.4. The van der Waals surface area contributed by atoms with Crippen molar-refractivity contribution in [2.45, 2.75) is 30.9 Å². The molecule has 0 saturated heterocycles. The average molecular weight is 336 g/mol. The van der Waals surface area contributed by atoms with Crippen LogP contribution in [-0.2, 0) is 5.60 Å². The number of aliphatic hydroxyl groups is 1. The van der Waals surface area contributed by atoms with Gasteiger partial charge in [0.15, 0.2) is 0 Å². The molecule has 2 amide bonds. The minimum absolute atomic E-state index is 0.00498. The zero-order chi connectivity index (χ0) is 17.3. The molecule has 24 heavy (non-hydrogen) atoms. The maximum Gasteiger partial charge on any atom is 0.315 e. The molecule has 3 N–H and O–H groups in total. The van der Waals surface area contributed by atoms with Crippen LogP contribution in [0.25, 0.3) is 0 Å². The molecule has 128 valence electrons. The maximum atomic E-state index is 13.7. The average Bonchev–Trinajstić information content (AvgIpc) is 3.02. The van der Waals surface area contributed by atoms with Gasteiger partial charge in [-0.2, -0.15) is 0 Å². The first kappa shape index (κ1) is 16.4. The highest BCUT2D eigenvalue weighted by Gasteiger charge is 2.43. The third kappa shape index (κ3) is 3.41. The lowest BCUT2D eigenvalue weighted by Crippen LogP contribution is -2.44. The molecule has 5 nitrogen and oxygen atoms in total. The molecule has 2 aromatic rings. The van der Waals surface area contributed by atoms with E-state index < -0.39 is 23.3 Å². The van der Waals surface area contributed by atoms with Gasteiger partial charge in [-0.05, 0) is 37.6 Å². The molecule has 0 bridgehead atoms. The zero-order valence-electron chi connectivity index (χ0n) is 13.1. The minimum atomic E-state index is -1.35. The van der Waals surface area contributed by atoms with Gasteiger partial charge in [0.2, 0.25) is 0 Å². The summed E-state index contributed by atoms with van der Waals surface area (Å²) < 4.78 is 32.5. The van der Waals surface area contributed by atoms with Crippen LogP contribution < -0.4 is 10.6 Å². The van der Waals surface area contributed by atoms with Crippen LogP contribution in [0.4, 0.5) is 13.6 Å². The number of nitrogens with one attached hydrogen (secondary N) is 2. The van der Waals surface area contributed by atoms with Crippen molar-refractivity contribution < 1.29 is 23.1 Å². The van der Waals surface area contributed by atoms with Crippen LogP contribution in [0.2, 0.25) is 0 Å². The standard InChI is InChI=1S/C17H18F2N2O3/c1-17(23,14-6-3-7-24-14)9-20-16(22)21-13-8-10(13)15-11(18)4-2-5-12(15)19/h2-7,10,13,23H,8-9H2,1H3,(H2,20,21,22). The lowest BCUT2D eigenvalue weighted by atomic mass is 10.0. The van der Waals surface area contributed by atoms with Crippen molar-refractivity contribution in [2.75, 3.05) is 6.54 Å². The highest BCUT2D eigenvalue weighted by Crippen LogP contribution is 2.43. The fraction of sp³-hybridized carbons (Fsp3) is 0.353. The Bertz CT molecular complexity index is 711. The quantitative estimate of drug-likeness (QED) is 0.786. The molecule has 1 aromatic carbocycles. The van der Waals surface area contributed by atoms with Gasteiger partial charge < -0.3 is 20.2 Å². The molecular weight excluding hydrogens is 318 g/mol. The highest BCUT2D eigenvalue weighted by atomic mass is 19.1. The fourth-order valence-electron chi connectivity index (χ4n) is 2.68. The second-order valence-electron chi connectivity index (χ2n) is 6.16. The number of amides is 2. The van der Waals surface area contributed by atoms with Gasteiger partial charge in [0.25, 0.3) is 0 Å². The van der Waals surface area contributed by atoms with Gasteiger partial charge in [0.1, 0.15) is 23.0 Å². The lowest BCUT2D eigenvalue weighted by Gasteiger charge is -2.21. The number of rotatable bonds is 5. The summed E-state index contributed by atoms with van der Waals surface area (Å²) in [6.45, 7) is 1.46. The Morgan fingerprint density at radius 2 is 2.04 bits per heavy atom. The molecule has 0 aliphatic heterocycles. The van der Waals surface area contributed by atoms with Crippen LogP contribution in [0.1, 0.15) is 30.6 Å². The smallest absolute Gasteiger partial charge is 0.315 e. The molecule has 7 heteroatoms. The van der Waals surface area contributed by atoms with Crippen LogP contribution in [0, 0.1) is 11.6 Å². The second-order valence-corrected chi connectivity index (χ2v) is 6.16. The predicted molar refractivity (Wildman–Crippen MR) is 82.3 cm³/mol. The Labute approximate surface area is 137 Å². The Morgan fingerprint density at radius 3 is 2.67 bits per heavy atom. The Morgan fingerprint density at radius 1 is 1.33 bits per heavy atom. The van der Waals surface area contributed by atoms with Crippen LogP contribution >= 0.6 is 0 Å². The first-order valence-electron chi connectivity index (χ1n) is 7.63. The van der Waals surface area contributed by atoms with Gasteiger partial charge in [-0.25, -0.2) is 13.6 Å². The van der Waals surface area contributed by atoms with Crippen molar-refractivity contribution in [3.63, 3.8) is 0 Å². The normalized spacial score (nSPS) is 21.8. The number of hydrogen-bond acceptors (Lipinski definition) is 3. The lowest BCUT2D eigenvalue weighted by molar-refractivity contribution is 0.0367. The number of carbonyl (C=O) groups is 1. The molecule has 1 aliphatic carbocycles. The van der Waals surface area contributed by atoms with Gasteiger partial charge >= 0.3 is 6.03 Å². The number of furan rings is 1. The Kier molecular flexibility index (Phi) is 4.28. The summed E-state index contributed by atoms with van der Waals surface area (Å²) in [6.07, 6.45) is 1.90. The van der Waals surface area contributed by atoms with Gasteiger partial charge in [0, 0.05) is 17.5 Å². The minimum Gasteiger partial charge on any atom is -0.466 e. The summed E-state index contributed by atoms with van der Waals surface area (Å²) in [4.78, 5) is 11.9. The summed E-state index contributed by atoms with van der Waals surface area (Å²) >= 11 is 0. The largest absolute Gasteiger partial charge is 0.466 e. The number of urea groups is 1. The van der Waals surface area contributed by atoms with Crippen molar-refractivity contribution in [3.8, 4) is 0 Å². The van der Waals surface area contributed by atoms with E-state index in [1.807, 2.05) is 0 Å². The van der Waals surface area contributed by atoms with E-state index >= 15 is 0 Å². The van der Waals surface area contributed by atoms with Crippen LogP contribution in [-0.4, -0.2) is 23.7 Å². The molecule has 1 heterocycles. The number of halogens is 2. The molecule has 1 fully saturated rings. The molecule has 3 unspecified atom stereocenters. The van der Waals surface area contributed by atoms with E-state index in [1.54, 1.807) is 12.1 Å². The zero-order valence-corrected chi connectivity index (χ0v) is 13.1. The maximum absolute atomic E-state index is 13.7. The van der Waals surface area contributed by atoms with Gasteiger partial charge in [0.05, 0.1) is 12.8 Å². The monoisotopic (exact) mass is 336 g/mol. The molecule has 1 aromatic heterocycles. The third-order valence-electron chi connectivity index (χ3n) is 4.12. The Hall–Kier alpha value is -2.41. The molecule has 0 spiro atoms. The van der Waals surface area contributed by atoms with E-state index in [0.29, 0.717) is 12.2 Å². The van der Waals surface area contributed by atoms with Crippen molar-refractivity contribution in [1.82, 2.24) is 10.6 Å². The fourth-order valence-corrected chi connectivity index (χ4v) is 2.68. The van der Waals surface area contributed by atoms with Gasteiger partial charge in [-0.15, -0.1) is 0 Å². The first-order chi connectivity index (χ1) is 11.4. The second kappa shape index (κ2) is 6.24. The van der Waals surface area contributed by atoms with Crippen LogP contribution in [0.3, 0.4) is 0 Å². The van der Waals surface area contributed by atoms with Gasteiger partial charge in [-0.1, -0.05) is 6.07 Å². The number of hydrogen-bond donors (Lipinski definition) is 3. The van der Waals surface area contributed by atoms with E-state index in [9.17, 15) is 18.7 Å². The molecule has 3 rings (SSSR count). The van der Waals surface area contributed by atoms with Crippen molar-refractivity contribution >= 4 is 6.03 Å². The number of benzene rings is 1. The van der Waals surface area contributed by atoms with Crippen LogP contribution in [0.15, 0.2) is 41.0 Å². The third-order valence-corrected chi connectivity index (χ3v) is 4.12. The first-order valence-corrected chi connectivity index (χ1v) is 7.63. The highest BCUT2D eigenvalue weighted by molar-refractivity contribution is 5.75. The van der Waals surface area contributed by atoms with E-state index in [0.717, 1.165) is 0 Å². The summed E-state index contributed by atoms with van der Waals surface area (Å²) in [5.74, 6) is -1.25. The van der Waals surface area contributed by atoms with Crippen molar-refractivity contribution in [3.05, 3.63) is 59.6 Å². The van der Waals surface area contributed by atoms with E-state index in [1.165, 1.54) is 31.4 Å². The Balaban J connectivity index is 1.52. The molecular formula is C17H18F2N2O3. The molecule has 0 radical (unpaired) electrons. The van der Waals surface area contributed by atoms with Crippen LogP contribution in [0.5, 0.6) is 0 Å². The van der Waals surface area contributed by atoms with Crippen molar-refractivity contribution in [2.24, 2.45) is 0 Å². The predicted octanol–water partition coefficient (Wildman–Crippen LogP) is 2.62. The molecule has 1 saturated carbocycles. The SMILES string of the molecule is CC(O)(CNC(=O)NC1CC1c1c(F)cccc1F)c1ccco1. The summed E-state index contributed by atoms with van der Waals surface area (Å²) in [7, 11) is 0. The molecule has 3 atom stereocenters. The summed E-state index contributed by atoms with van der Waals surface area (Å²) in [5.41, 5.74) is -1.34. The topological polar surface area (TPSA) is 74.5 Å². The summed E-state index contributed by atoms with van der Waals surface area (Å²) in [6, 6.07) is 6.13. The number of carbonyl (C=O) groups excluding carboxylic acids is 1. The van der Waals surface area contributed by atoms with Crippen molar-refractivity contribution in [1.29, 1.82) is 0 Å². The molecule has 1 aliphatic rings. The van der Waals surface area contributed by atoms with E-state index in [2.05, 4.69) is 10.6 Å².